The molecular weight excluding hydrogens is 214 g/mol. The maximum absolute atomic E-state index is 11.3. The first-order valence-corrected chi connectivity index (χ1v) is 4.61. The first-order chi connectivity index (χ1) is 7.58. The van der Waals surface area contributed by atoms with Crippen LogP contribution in [0.5, 0.6) is 0 Å². The van der Waals surface area contributed by atoms with Gasteiger partial charge in [-0.3, -0.25) is 19.6 Å². The minimum atomic E-state index is -0.936. The number of rotatable bonds is 3. The number of carboxylic acids is 1. The number of H-pyrrole nitrogens is 2. The molecule has 0 aliphatic heterocycles. The smallest absolute Gasteiger partial charge is 0.327 e. The van der Waals surface area contributed by atoms with Gasteiger partial charge in [-0.1, -0.05) is 0 Å². The Morgan fingerprint density at radius 2 is 2.12 bits per heavy atom. The third-order valence-electron chi connectivity index (χ3n) is 2.23. The number of aromatic nitrogens is 3. The number of hydrogen-bond donors (Lipinski definition) is 3. The zero-order chi connectivity index (χ0) is 11.7. The summed E-state index contributed by atoms with van der Waals surface area (Å²) >= 11 is 0. The number of aliphatic carboxylic acids is 1. The van der Waals surface area contributed by atoms with E-state index in [2.05, 4.69) is 9.97 Å². The largest absolute Gasteiger partial charge is 0.481 e. The van der Waals surface area contributed by atoms with Crippen molar-refractivity contribution in [2.45, 2.75) is 13.0 Å². The second kappa shape index (κ2) is 3.69. The fourth-order valence-electron chi connectivity index (χ4n) is 1.51. The van der Waals surface area contributed by atoms with Gasteiger partial charge in [0.1, 0.15) is 5.65 Å². The molecule has 0 fully saturated rings. The molecule has 2 heterocycles. The summed E-state index contributed by atoms with van der Waals surface area (Å²) < 4.78 is 1.53. The molecule has 16 heavy (non-hydrogen) atoms. The Bertz CT molecular complexity index is 649. The normalized spacial score (nSPS) is 10.8. The second-order valence-corrected chi connectivity index (χ2v) is 3.32. The lowest BCUT2D eigenvalue weighted by Gasteiger charge is -2.01. The molecule has 0 saturated carbocycles. The molecule has 0 bridgehead atoms. The van der Waals surface area contributed by atoms with Crippen molar-refractivity contribution in [3.63, 3.8) is 0 Å². The van der Waals surface area contributed by atoms with Crippen LogP contribution in [-0.2, 0) is 11.3 Å². The Balaban J connectivity index is 2.52. The van der Waals surface area contributed by atoms with E-state index in [1.54, 1.807) is 6.20 Å². The molecule has 0 aliphatic rings. The Hall–Kier alpha value is -2.31. The van der Waals surface area contributed by atoms with Crippen LogP contribution < -0.4 is 11.2 Å². The van der Waals surface area contributed by atoms with Crippen molar-refractivity contribution in [3.05, 3.63) is 33.1 Å². The van der Waals surface area contributed by atoms with Crippen LogP contribution in [-0.4, -0.2) is 25.6 Å². The minimum Gasteiger partial charge on any atom is -0.481 e. The predicted molar refractivity (Wildman–Crippen MR) is 55.4 cm³/mol. The predicted octanol–water partition coefficient (Wildman–Crippen LogP) is -0.507. The molecule has 7 heteroatoms. The molecule has 84 valence electrons. The number of nitrogens with zero attached hydrogens (tertiary/aromatic N) is 1. The molecule has 2 rings (SSSR count). The summed E-state index contributed by atoms with van der Waals surface area (Å²) in [5.74, 6) is -0.936. The van der Waals surface area contributed by atoms with Gasteiger partial charge in [0.05, 0.1) is 11.8 Å². The van der Waals surface area contributed by atoms with Crippen molar-refractivity contribution in [3.8, 4) is 0 Å². The van der Waals surface area contributed by atoms with Crippen molar-refractivity contribution in [2.24, 2.45) is 0 Å². The molecule has 0 radical (unpaired) electrons. The highest BCUT2D eigenvalue weighted by atomic mass is 16.4. The summed E-state index contributed by atoms with van der Waals surface area (Å²) in [6, 6.07) is 1.53. The van der Waals surface area contributed by atoms with Crippen LogP contribution >= 0.6 is 0 Å². The van der Waals surface area contributed by atoms with Gasteiger partial charge >= 0.3 is 11.7 Å². The van der Waals surface area contributed by atoms with E-state index in [1.165, 1.54) is 10.6 Å². The summed E-state index contributed by atoms with van der Waals surface area (Å²) in [5.41, 5.74) is -0.740. The zero-order valence-corrected chi connectivity index (χ0v) is 8.19. The van der Waals surface area contributed by atoms with E-state index in [0.717, 1.165) is 0 Å². The Morgan fingerprint density at radius 1 is 1.38 bits per heavy atom. The summed E-state index contributed by atoms with van der Waals surface area (Å²) in [7, 11) is 0. The van der Waals surface area contributed by atoms with Crippen LogP contribution in [0.2, 0.25) is 0 Å². The van der Waals surface area contributed by atoms with Crippen LogP contribution in [0.25, 0.3) is 11.0 Å². The van der Waals surface area contributed by atoms with E-state index < -0.39 is 17.2 Å². The molecule has 0 amide bonds. The molecule has 0 aromatic carbocycles. The van der Waals surface area contributed by atoms with Gasteiger partial charge in [0.2, 0.25) is 0 Å². The van der Waals surface area contributed by atoms with E-state index in [4.69, 9.17) is 5.11 Å². The van der Waals surface area contributed by atoms with Gasteiger partial charge in [-0.15, -0.1) is 0 Å². The number of aryl methyl sites for hydroxylation is 1. The molecular formula is C9H9N3O4. The third kappa shape index (κ3) is 1.74. The van der Waals surface area contributed by atoms with Gasteiger partial charge in [-0.2, -0.15) is 0 Å². The van der Waals surface area contributed by atoms with E-state index in [9.17, 15) is 14.4 Å². The quantitative estimate of drug-likeness (QED) is 0.651. The molecule has 0 aliphatic carbocycles. The summed E-state index contributed by atoms with van der Waals surface area (Å²) in [6.07, 6.45) is 1.50. The van der Waals surface area contributed by atoms with Gasteiger partial charge < -0.3 is 9.67 Å². The van der Waals surface area contributed by atoms with Crippen molar-refractivity contribution in [1.29, 1.82) is 0 Å². The Labute approximate surface area is 88.3 Å². The van der Waals surface area contributed by atoms with E-state index >= 15 is 0 Å². The fourth-order valence-corrected chi connectivity index (χ4v) is 1.51. The summed E-state index contributed by atoms with van der Waals surface area (Å²) in [4.78, 5) is 37.4. The van der Waals surface area contributed by atoms with Crippen LogP contribution in [0.1, 0.15) is 6.42 Å². The molecule has 0 saturated heterocycles. The number of fused-ring (bicyclic) bond motifs is 1. The van der Waals surface area contributed by atoms with Gasteiger partial charge in [0, 0.05) is 12.7 Å². The molecule has 0 unspecified atom stereocenters. The highest BCUT2D eigenvalue weighted by molar-refractivity contribution is 5.74. The van der Waals surface area contributed by atoms with Gasteiger partial charge in [-0.25, -0.2) is 4.79 Å². The first kappa shape index (κ1) is 10.2. The minimum absolute atomic E-state index is 0.0708. The number of hydrogen-bond acceptors (Lipinski definition) is 3. The van der Waals surface area contributed by atoms with Crippen LogP contribution in [0, 0.1) is 0 Å². The molecule has 7 nitrogen and oxygen atoms in total. The van der Waals surface area contributed by atoms with Crippen molar-refractivity contribution in [2.75, 3.05) is 0 Å². The number of carbonyl (C=O) groups is 1. The Kier molecular flexibility index (Phi) is 2.35. The van der Waals surface area contributed by atoms with Crippen LogP contribution in [0.4, 0.5) is 0 Å². The number of carboxylic acid groups (broad SMARTS) is 1. The van der Waals surface area contributed by atoms with Crippen LogP contribution in [0.3, 0.4) is 0 Å². The highest BCUT2D eigenvalue weighted by Gasteiger charge is 2.07. The summed E-state index contributed by atoms with van der Waals surface area (Å²) in [5, 5.41) is 8.88. The highest BCUT2D eigenvalue weighted by Crippen LogP contribution is 2.07. The maximum atomic E-state index is 11.3. The van der Waals surface area contributed by atoms with Crippen molar-refractivity contribution in [1.82, 2.24) is 14.5 Å². The first-order valence-electron chi connectivity index (χ1n) is 4.61. The lowest BCUT2D eigenvalue weighted by molar-refractivity contribution is -0.137. The molecule has 3 N–H and O–H groups in total. The maximum Gasteiger partial charge on any atom is 0.327 e. The molecule has 2 aromatic heterocycles. The SMILES string of the molecule is O=C(O)CCn1ccc2c(=O)[nH]c(=O)[nH]c21. The average Bonchev–Trinajstić information content (AvgIpc) is 2.58. The number of nitrogens with one attached hydrogen (secondary N) is 2. The number of aromatic amines is 2. The molecule has 2 aromatic rings. The van der Waals surface area contributed by atoms with Crippen molar-refractivity contribution >= 4 is 17.0 Å². The lowest BCUT2D eigenvalue weighted by atomic mass is 10.4. The summed E-state index contributed by atoms with van der Waals surface area (Å²) in [6.45, 7) is 0.207. The monoisotopic (exact) mass is 223 g/mol. The topological polar surface area (TPSA) is 108 Å². The van der Waals surface area contributed by atoms with Gasteiger partial charge in [0.15, 0.2) is 0 Å². The van der Waals surface area contributed by atoms with Crippen molar-refractivity contribution < 1.29 is 9.90 Å². The molecule has 0 spiro atoms. The lowest BCUT2D eigenvalue weighted by Crippen LogP contribution is -2.22. The van der Waals surface area contributed by atoms with Gasteiger partial charge in [-0.05, 0) is 6.07 Å². The fraction of sp³-hybridized carbons (Fsp3) is 0.222. The van der Waals surface area contributed by atoms with E-state index in [1.807, 2.05) is 0 Å². The molecule has 0 atom stereocenters. The van der Waals surface area contributed by atoms with Gasteiger partial charge in [0.25, 0.3) is 5.56 Å². The Morgan fingerprint density at radius 3 is 2.81 bits per heavy atom. The second-order valence-electron chi connectivity index (χ2n) is 3.32. The van der Waals surface area contributed by atoms with E-state index in [0.29, 0.717) is 11.0 Å². The van der Waals surface area contributed by atoms with E-state index in [-0.39, 0.29) is 13.0 Å². The average molecular weight is 223 g/mol. The zero-order valence-electron chi connectivity index (χ0n) is 8.19. The van der Waals surface area contributed by atoms with Crippen LogP contribution in [0.15, 0.2) is 21.9 Å². The third-order valence-corrected chi connectivity index (χ3v) is 2.23. The standard InChI is InChI=1S/C9H9N3O4/c13-6(14)2-4-12-3-1-5-7(12)10-9(16)11-8(5)15/h1,3H,2,4H2,(H,13,14)(H2,10,11,15,16).